The van der Waals surface area contributed by atoms with Crippen molar-refractivity contribution < 1.29 is 9.22 Å². The number of carbonyl (C=O) groups excluding carboxylic acids is 1. The van der Waals surface area contributed by atoms with Crippen LogP contribution in [0.15, 0.2) is 48.5 Å². The van der Waals surface area contributed by atoms with Crippen LogP contribution >= 0.6 is 0 Å². The molecule has 4 rings (SSSR count). The summed E-state index contributed by atoms with van der Waals surface area (Å²) >= 11 is 0. The topological polar surface area (TPSA) is 74.5 Å². The quantitative estimate of drug-likeness (QED) is 0.642. The van der Waals surface area contributed by atoms with Gasteiger partial charge in [-0.1, -0.05) is 24.3 Å². The zero-order chi connectivity index (χ0) is 19.8. The van der Waals surface area contributed by atoms with E-state index >= 15 is 0 Å². The van der Waals surface area contributed by atoms with Crippen molar-refractivity contribution in [2.24, 2.45) is 0 Å². The molecule has 1 aliphatic heterocycles. The summed E-state index contributed by atoms with van der Waals surface area (Å²) in [6, 6.07) is 15.1. The van der Waals surface area contributed by atoms with Gasteiger partial charge in [0.15, 0.2) is 0 Å². The third kappa shape index (κ3) is 2.98. The average molecular weight is 378 g/mol. The van der Waals surface area contributed by atoms with Crippen molar-refractivity contribution in [3.63, 3.8) is 0 Å². The Bertz CT molecular complexity index is 1100. The first-order valence-electron chi connectivity index (χ1n) is 9.32. The van der Waals surface area contributed by atoms with E-state index in [1.54, 1.807) is 23.1 Å². The van der Waals surface area contributed by atoms with E-state index < -0.39 is 5.91 Å². The molecule has 1 saturated heterocycles. The van der Waals surface area contributed by atoms with E-state index in [0.29, 0.717) is 35.3 Å². The van der Waals surface area contributed by atoms with Crippen molar-refractivity contribution in [2.45, 2.75) is 13.8 Å². The first-order valence-corrected chi connectivity index (χ1v) is 9.32. The number of amides is 1. The Labute approximate surface area is 162 Å². The molecule has 0 radical (unpaired) electrons. The number of hydrogen-bond acceptors (Lipinski definition) is 4. The molecule has 0 unspecified atom stereocenters. The molecule has 7 heteroatoms. The Morgan fingerprint density at radius 2 is 1.68 bits per heavy atom. The molecule has 7 nitrogen and oxygen atoms in total. The van der Waals surface area contributed by atoms with Gasteiger partial charge in [0.25, 0.3) is 5.52 Å². The monoisotopic (exact) mass is 378 g/mol. The number of carbonyl (C=O) groups is 1. The van der Waals surface area contributed by atoms with Crippen LogP contribution in [0.25, 0.3) is 11.0 Å². The van der Waals surface area contributed by atoms with Crippen molar-refractivity contribution in [2.75, 3.05) is 31.1 Å². The fourth-order valence-electron chi connectivity index (χ4n) is 3.71. The molecule has 1 fully saturated rings. The molecule has 0 saturated carbocycles. The maximum absolute atomic E-state index is 13.1. The second-order valence-corrected chi connectivity index (χ2v) is 7.13. The predicted octanol–water partition coefficient (Wildman–Crippen LogP) is 2.48. The minimum Gasteiger partial charge on any atom is -0.805 e. The van der Waals surface area contributed by atoms with E-state index in [0.717, 1.165) is 11.3 Å². The molecule has 144 valence electrons. The van der Waals surface area contributed by atoms with Crippen molar-refractivity contribution >= 4 is 22.6 Å². The third-order valence-electron chi connectivity index (χ3n) is 5.31. The molecular formula is C21H22N4O3. The molecule has 1 amide bonds. The Morgan fingerprint density at radius 3 is 2.36 bits per heavy atom. The lowest BCUT2D eigenvalue weighted by Crippen LogP contribution is -2.50. The van der Waals surface area contributed by atoms with Crippen LogP contribution in [0.1, 0.15) is 21.7 Å². The first kappa shape index (κ1) is 18.0. The van der Waals surface area contributed by atoms with Crippen LogP contribution in [0.4, 0.5) is 5.69 Å². The van der Waals surface area contributed by atoms with E-state index in [1.807, 2.05) is 37.3 Å². The number of para-hydroxylation sites is 1. The van der Waals surface area contributed by atoms with Gasteiger partial charge in [-0.2, -0.15) is 0 Å². The van der Waals surface area contributed by atoms with Crippen molar-refractivity contribution in [3.8, 4) is 0 Å². The molecule has 0 bridgehead atoms. The van der Waals surface area contributed by atoms with Gasteiger partial charge in [-0.3, -0.25) is 4.79 Å². The van der Waals surface area contributed by atoms with Crippen molar-refractivity contribution in [3.05, 3.63) is 75.6 Å². The zero-order valence-corrected chi connectivity index (χ0v) is 16.0. The summed E-state index contributed by atoms with van der Waals surface area (Å²) in [5.41, 5.74) is 2.48. The highest BCUT2D eigenvalue weighted by Crippen LogP contribution is 2.19. The summed E-state index contributed by atoms with van der Waals surface area (Å²) < 4.78 is 1.29. The maximum atomic E-state index is 13.1. The standard InChI is InChI=1S/C21H22N4O3/c1-15-8-9-18-19(14-15)25(28)20(16(2)24(18)27)21(26)23-12-10-22(11-13-23)17-6-4-3-5-7-17/h3-9,14H,10-13H2,1-2H3. The number of aromatic nitrogens is 2. The highest BCUT2D eigenvalue weighted by atomic mass is 16.5. The molecule has 0 spiro atoms. The SMILES string of the molecule is Cc1ccc2c(c1)[n+](=O)c(C(=O)N1CCN(c3ccccc3)CC1)c(C)n2[O-]. The third-order valence-corrected chi connectivity index (χ3v) is 5.31. The van der Waals surface area contributed by atoms with E-state index in [1.165, 1.54) is 6.92 Å². The average Bonchev–Trinajstić information content (AvgIpc) is 2.73. The first-order chi connectivity index (χ1) is 13.5. The van der Waals surface area contributed by atoms with Crippen LogP contribution in [-0.2, 0) is 0 Å². The lowest BCUT2D eigenvalue weighted by atomic mass is 10.1. The molecule has 0 N–H and O–H groups in total. The summed E-state index contributed by atoms with van der Waals surface area (Å²) in [6.45, 7) is 5.72. The van der Waals surface area contributed by atoms with E-state index in [4.69, 9.17) is 0 Å². The van der Waals surface area contributed by atoms with Gasteiger partial charge < -0.3 is 19.7 Å². The Kier molecular flexibility index (Phi) is 4.50. The van der Waals surface area contributed by atoms with Crippen LogP contribution in [-0.4, -0.2) is 41.7 Å². The molecule has 28 heavy (non-hydrogen) atoms. The van der Waals surface area contributed by atoms with Gasteiger partial charge >= 0.3 is 11.6 Å². The number of benzene rings is 2. The number of rotatable bonds is 2. The van der Waals surface area contributed by atoms with Gasteiger partial charge in [-0.15, -0.1) is 0 Å². The lowest BCUT2D eigenvalue weighted by molar-refractivity contribution is -0.469. The van der Waals surface area contributed by atoms with Crippen LogP contribution in [0.3, 0.4) is 0 Å². The van der Waals surface area contributed by atoms with Crippen molar-refractivity contribution in [1.29, 1.82) is 0 Å². The lowest BCUT2D eigenvalue weighted by Gasteiger charge is -2.35. The minimum absolute atomic E-state index is 0.0961. The van der Waals surface area contributed by atoms with E-state index in [9.17, 15) is 14.9 Å². The molecule has 2 aromatic carbocycles. The number of nitrogens with zero attached hydrogens (tertiary/aromatic N) is 4. The largest absolute Gasteiger partial charge is 0.805 e. The summed E-state index contributed by atoms with van der Waals surface area (Å²) in [4.78, 5) is 29.9. The van der Waals surface area contributed by atoms with Crippen molar-refractivity contribution in [1.82, 2.24) is 9.63 Å². The summed E-state index contributed by atoms with van der Waals surface area (Å²) in [6.07, 6.45) is 0. The fourth-order valence-corrected chi connectivity index (χ4v) is 3.71. The number of fused-ring (bicyclic) bond motifs is 1. The molecule has 1 aliphatic rings. The number of aryl methyl sites for hydroxylation is 1. The Balaban J connectivity index is 1.64. The summed E-state index contributed by atoms with van der Waals surface area (Å²) in [5, 5.41) is 12.6. The van der Waals surface area contributed by atoms with Crippen LogP contribution in [0.5, 0.6) is 0 Å². The highest BCUT2D eigenvalue weighted by molar-refractivity contribution is 5.93. The van der Waals surface area contributed by atoms with Gasteiger partial charge in [0, 0.05) is 42.8 Å². The van der Waals surface area contributed by atoms with Crippen LogP contribution < -0.4 is 9.33 Å². The minimum atomic E-state index is -0.395. The Hall–Kier alpha value is -3.35. The molecule has 0 atom stereocenters. The van der Waals surface area contributed by atoms with Gasteiger partial charge in [0.05, 0.1) is 10.1 Å². The zero-order valence-electron chi connectivity index (χ0n) is 16.0. The number of piperazine rings is 1. The van der Waals surface area contributed by atoms with Gasteiger partial charge in [0.1, 0.15) is 5.52 Å². The van der Waals surface area contributed by atoms with E-state index in [2.05, 4.69) is 4.90 Å². The van der Waals surface area contributed by atoms with Crippen LogP contribution in [0.2, 0.25) is 0 Å². The smallest absolute Gasteiger partial charge is 0.346 e. The van der Waals surface area contributed by atoms with E-state index in [-0.39, 0.29) is 22.4 Å². The molecular weight excluding hydrogens is 356 g/mol. The van der Waals surface area contributed by atoms with Crippen LogP contribution in [0, 0.1) is 24.0 Å². The predicted molar refractivity (Wildman–Crippen MR) is 108 cm³/mol. The molecule has 3 aromatic rings. The fraction of sp³-hybridized carbons (Fsp3) is 0.286. The normalized spacial score (nSPS) is 14.5. The molecule has 0 aliphatic carbocycles. The second kappa shape index (κ2) is 6.99. The van der Waals surface area contributed by atoms with Gasteiger partial charge in [0.2, 0.25) is 0 Å². The van der Waals surface area contributed by atoms with Gasteiger partial charge in [-0.25, -0.2) is 0 Å². The second-order valence-electron chi connectivity index (χ2n) is 7.13. The molecule has 1 aromatic heterocycles. The maximum Gasteiger partial charge on any atom is 0.346 e. The summed E-state index contributed by atoms with van der Waals surface area (Å²) in [7, 11) is 0. The molecule has 2 heterocycles. The van der Waals surface area contributed by atoms with Gasteiger partial charge in [-0.05, 0) is 37.6 Å². The summed E-state index contributed by atoms with van der Waals surface area (Å²) in [5.74, 6) is -0.395. The highest BCUT2D eigenvalue weighted by Gasteiger charge is 2.32. The Morgan fingerprint density at radius 1 is 1.00 bits per heavy atom. The number of anilines is 1. The number of hydrogen-bond donors (Lipinski definition) is 0.